The molecule has 3 heterocycles. The fourth-order valence-electron chi connectivity index (χ4n) is 3.04. The maximum absolute atomic E-state index is 5.25. The van der Waals surface area contributed by atoms with Gasteiger partial charge in [0.2, 0.25) is 0 Å². The molecule has 1 aromatic rings. The number of aromatic nitrogens is 1. The minimum atomic E-state index is 0.756. The van der Waals surface area contributed by atoms with E-state index in [4.69, 9.17) is 4.42 Å². The van der Waals surface area contributed by atoms with E-state index in [-0.39, 0.29) is 0 Å². The van der Waals surface area contributed by atoms with E-state index in [1.807, 2.05) is 6.92 Å². The molecule has 3 rings (SSSR count). The summed E-state index contributed by atoms with van der Waals surface area (Å²) in [5.74, 6) is 0.958. The number of likely N-dealkylation sites (tertiary alicyclic amines) is 1. The van der Waals surface area contributed by atoms with Crippen molar-refractivity contribution in [2.45, 2.75) is 26.4 Å². The number of nitrogens with zero attached hydrogens (tertiary/aromatic N) is 4. The van der Waals surface area contributed by atoms with E-state index < -0.39 is 0 Å². The molecule has 0 bridgehead atoms. The smallest absolute Gasteiger partial charge is 0.181 e. The maximum atomic E-state index is 5.25. The molecule has 2 aliphatic rings. The van der Waals surface area contributed by atoms with Crippen LogP contribution < -0.4 is 0 Å². The largest absolute Gasteiger partial charge is 0.448 e. The summed E-state index contributed by atoms with van der Waals surface area (Å²) in [4.78, 5) is 11.9. The number of hydrogen-bond donors (Lipinski definition) is 0. The van der Waals surface area contributed by atoms with E-state index in [1.165, 1.54) is 45.8 Å². The van der Waals surface area contributed by atoms with Gasteiger partial charge in [-0.2, -0.15) is 0 Å². The predicted molar refractivity (Wildman–Crippen MR) is 74.0 cm³/mol. The molecule has 5 nitrogen and oxygen atoms in total. The number of oxazole rings is 1. The summed E-state index contributed by atoms with van der Waals surface area (Å²) in [7, 11) is 0. The van der Waals surface area contributed by atoms with E-state index in [2.05, 4.69) is 26.6 Å². The standard InChI is InChI=1S/C14H24N4O/c1-3-16-4-6-18(7-5-16)13-8-17(9-13)10-14-12(2)19-11-15-14/h11,13H,3-10H2,1-2H3. The molecular weight excluding hydrogens is 240 g/mol. The first-order valence-corrected chi connectivity index (χ1v) is 7.34. The Hall–Kier alpha value is -0.910. The van der Waals surface area contributed by atoms with Crippen molar-refractivity contribution in [1.29, 1.82) is 0 Å². The molecule has 0 aromatic carbocycles. The topological polar surface area (TPSA) is 35.8 Å². The van der Waals surface area contributed by atoms with E-state index in [0.29, 0.717) is 0 Å². The average molecular weight is 264 g/mol. The summed E-state index contributed by atoms with van der Waals surface area (Å²) in [5, 5.41) is 0. The molecule has 0 radical (unpaired) electrons. The van der Waals surface area contributed by atoms with E-state index in [1.54, 1.807) is 6.39 Å². The first-order chi connectivity index (χ1) is 9.26. The summed E-state index contributed by atoms with van der Waals surface area (Å²) in [5.41, 5.74) is 1.09. The molecule has 0 aliphatic carbocycles. The summed E-state index contributed by atoms with van der Waals surface area (Å²) >= 11 is 0. The molecule has 2 fully saturated rings. The third kappa shape index (κ3) is 2.83. The van der Waals surface area contributed by atoms with Gasteiger partial charge < -0.3 is 9.32 Å². The molecule has 5 heteroatoms. The van der Waals surface area contributed by atoms with Crippen molar-refractivity contribution in [3.05, 3.63) is 17.8 Å². The van der Waals surface area contributed by atoms with Crippen LogP contribution in [0.25, 0.3) is 0 Å². The van der Waals surface area contributed by atoms with Crippen LogP contribution in [0.15, 0.2) is 10.8 Å². The second-order valence-electron chi connectivity index (χ2n) is 5.67. The molecule has 106 valence electrons. The van der Waals surface area contributed by atoms with Gasteiger partial charge in [0.15, 0.2) is 6.39 Å². The van der Waals surface area contributed by atoms with Crippen LogP contribution >= 0.6 is 0 Å². The van der Waals surface area contributed by atoms with Gasteiger partial charge in [-0.1, -0.05) is 6.92 Å². The molecular formula is C14H24N4O. The lowest BCUT2D eigenvalue weighted by atomic mass is 10.1. The normalized spacial score (nSPS) is 23.7. The lowest BCUT2D eigenvalue weighted by molar-refractivity contribution is 0.00146. The van der Waals surface area contributed by atoms with Crippen LogP contribution in [0.5, 0.6) is 0 Å². The monoisotopic (exact) mass is 264 g/mol. The highest BCUT2D eigenvalue weighted by Crippen LogP contribution is 2.20. The van der Waals surface area contributed by atoms with Crippen molar-refractivity contribution in [2.24, 2.45) is 0 Å². The van der Waals surface area contributed by atoms with Crippen molar-refractivity contribution in [1.82, 2.24) is 19.7 Å². The Labute approximate surface area is 115 Å². The van der Waals surface area contributed by atoms with Crippen LogP contribution in [0, 0.1) is 6.92 Å². The fraction of sp³-hybridized carbons (Fsp3) is 0.786. The second-order valence-corrected chi connectivity index (χ2v) is 5.67. The minimum Gasteiger partial charge on any atom is -0.448 e. The summed E-state index contributed by atoms with van der Waals surface area (Å²) in [6.45, 7) is 13.7. The zero-order chi connectivity index (χ0) is 13.2. The molecule has 1 aromatic heterocycles. The van der Waals surface area contributed by atoms with Gasteiger partial charge in [-0.3, -0.25) is 9.80 Å². The maximum Gasteiger partial charge on any atom is 0.181 e. The number of hydrogen-bond acceptors (Lipinski definition) is 5. The zero-order valence-corrected chi connectivity index (χ0v) is 12.0. The van der Waals surface area contributed by atoms with Crippen LogP contribution in [-0.2, 0) is 6.54 Å². The Bertz CT molecular complexity index is 405. The molecule has 0 spiro atoms. The fourth-order valence-corrected chi connectivity index (χ4v) is 3.04. The molecule has 0 N–H and O–H groups in total. The van der Waals surface area contributed by atoms with Crippen molar-refractivity contribution in [3.8, 4) is 0 Å². The summed E-state index contributed by atoms with van der Waals surface area (Å²) in [6, 6.07) is 0.756. The SMILES string of the molecule is CCN1CCN(C2CN(Cc3ncoc3C)C2)CC1. The predicted octanol–water partition coefficient (Wildman–Crippen LogP) is 0.805. The summed E-state index contributed by atoms with van der Waals surface area (Å²) in [6.07, 6.45) is 1.55. The summed E-state index contributed by atoms with van der Waals surface area (Å²) < 4.78 is 5.25. The van der Waals surface area contributed by atoms with Crippen LogP contribution in [0.2, 0.25) is 0 Å². The lowest BCUT2D eigenvalue weighted by Crippen LogP contribution is -2.62. The van der Waals surface area contributed by atoms with Gasteiger partial charge in [0, 0.05) is 51.9 Å². The number of aryl methyl sites for hydroxylation is 1. The quantitative estimate of drug-likeness (QED) is 0.804. The number of rotatable bonds is 4. The second kappa shape index (κ2) is 5.61. The number of likely N-dealkylation sites (N-methyl/N-ethyl adjacent to an activating group) is 1. The van der Waals surface area contributed by atoms with Crippen LogP contribution in [0.3, 0.4) is 0 Å². The third-order valence-corrected chi connectivity index (χ3v) is 4.53. The molecule has 0 unspecified atom stereocenters. The molecule has 0 atom stereocenters. The van der Waals surface area contributed by atoms with E-state index >= 15 is 0 Å². The zero-order valence-electron chi connectivity index (χ0n) is 12.0. The van der Waals surface area contributed by atoms with Crippen LogP contribution in [0.1, 0.15) is 18.4 Å². The minimum absolute atomic E-state index is 0.756. The Morgan fingerprint density at radius 1 is 1.21 bits per heavy atom. The van der Waals surface area contributed by atoms with Gasteiger partial charge in [-0.15, -0.1) is 0 Å². The Kier molecular flexibility index (Phi) is 3.86. The Morgan fingerprint density at radius 3 is 2.53 bits per heavy atom. The van der Waals surface area contributed by atoms with Crippen molar-refractivity contribution >= 4 is 0 Å². The van der Waals surface area contributed by atoms with Crippen LogP contribution in [-0.4, -0.2) is 71.5 Å². The molecule has 0 amide bonds. The molecule has 0 saturated carbocycles. The molecule has 2 saturated heterocycles. The highest BCUT2D eigenvalue weighted by atomic mass is 16.3. The van der Waals surface area contributed by atoms with Gasteiger partial charge in [0.05, 0.1) is 5.69 Å². The third-order valence-electron chi connectivity index (χ3n) is 4.53. The first kappa shape index (κ1) is 13.1. The van der Waals surface area contributed by atoms with Gasteiger partial charge >= 0.3 is 0 Å². The van der Waals surface area contributed by atoms with Gasteiger partial charge in [-0.05, 0) is 13.5 Å². The first-order valence-electron chi connectivity index (χ1n) is 7.34. The Morgan fingerprint density at radius 2 is 1.95 bits per heavy atom. The van der Waals surface area contributed by atoms with E-state index in [9.17, 15) is 0 Å². The van der Waals surface area contributed by atoms with Crippen LogP contribution in [0.4, 0.5) is 0 Å². The molecule has 19 heavy (non-hydrogen) atoms. The van der Waals surface area contributed by atoms with Gasteiger partial charge in [-0.25, -0.2) is 4.98 Å². The average Bonchev–Trinajstić information content (AvgIpc) is 2.79. The number of piperazine rings is 1. The van der Waals surface area contributed by atoms with E-state index in [0.717, 1.165) is 24.0 Å². The van der Waals surface area contributed by atoms with Crippen molar-refractivity contribution in [3.63, 3.8) is 0 Å². The van der Waals surface area contributed by atoms with Crippen molar-refractivity contribution in [2.75, 3.05) is 45.8 Å². The lowest BCUT2D eigenvalue weighted by Gasteiger charge is -2.48. The van der Waals surface area contributed by atoms with Gasteiger partial charge in [0.1, 0.15) is 5.76 Å². The Balaban J connectivity index is 1.42. The molecule has 2 aliphatic heterocycles. The van der Waals surface area contributed by atoms with Gasteiger partial charge in [0.25, 0.3) is 0 Å². The highest BCUT2D eigenvalue weighted by molar-refractivity contribution is 5.06. The van der Waals surface area contributed by atoms with Crippen molar-refractivity contribution < 1.29 is 4.42 Å². The highest BCUT2D eigenvalue weighted by Gasteiger charge is 2.33.